The summed E-state index contributed by atoms with van der Waals surface area (Å²) in [5.41, 5.74) is 0.990. The molecule has 0 amide bonds. The van der Waals surface area contributed by atoms with Crippen molar-refractivity contribution in [3.63, 3.8) is 0 Å². The lowest BCUT2D eigenvalue weighted by Crippen LogP contribution is -2.17. The van der Waals surface area contributed by atoms with E-state index < -0.39 is 0 Å². The molecule has 1 N–H and O–H groups in total. The number of ether oxygens (including phenoxy) is 2. The highest BCUT2D eigenvalue weighted by molar-refractivity contribution is 6.30. The average Bonchev–Trinajstić information content (AvgIpc) is 2.99. The number of hydrogen-bond acceptors (Lipinski definition) is 4. The normalized spacial score (nSPS) is 10.6. The van der Waals surface area contributed by atoms with Gasteiger partial charge in [0.15, 0.2) is 11.5 Å². The third kappa shape index (κ3) is 4.37. The summed E-state index contributed by atoms with van der Waals surface area (Å²) in [6.07, 6.45) is 6.60. The summed E-state index contributed by atoms with van der Waals surface area (Å²) in [5.74, 6) is 1.38. The second-order valence-corrected chi connectivity index (χ2v) is 5.07. The standard InChI is InChI=1S/C15H20ClN3O2/c1-20-14-9-13(16)8-12(15(14)21-2)10-17-4-3-6-19-7-5-18-11-19/h5,7-9,11,17H,3-4,6,10H2,1-2H3. The lowest BCUT2D eigenvalue weighted by Gasteiger charge is -2.14. The van der Waals surface area contributed by atoms with Crippen molar-refractivity contribution in [3.8, 4) is 11.5 Å². The highest BCUT2D eigenvalue weighted by Crippen LogP contribution is 2.34. The first-order valence-corrected chi connectivity index (χ1v) is 7.19. The van der Waals surface area contributed by atoms with E-state index in [1.165, 1.54) is 0 Å². The Kier molecular flexibility index (Phi) is 5.90. The van der Waals surface area contributed by atoms with Crippen LogP contribution in [0, 0.1) is 0 Å². The minimum Gasteiger partial charge on any atom is -0.493 e. The molecule has 1 aromatic heterocycles. The van der Waals surface area contributed by atoms with Crippen molar-refractivity contribution in [2.75, 3.05) is 20.8 Å². The van der Waals surface area contributed by atoms with Crippen LogP contribution in [0.3, 0.4) is 0 Å². The molecule has 0 unspecified atom stereocenters. The van der Waals surface area contributed by atoms with Gasteiger partial charge in [0.1, 0.15) is 0 Å². The van der Waals surface area contributed by atoms with Crippen LogP contribution in [0.1, 0.15) is 12.0 Å². The Morgan fingerprint density at radius 1 is 1.29 bits per heavy atom. The number of rotatable bonds is 8. The molecule has 5 nitrogen and oxygen atoms in total. The minimum atomic E-state index is 0.642. The maximum atomic E-state index is 6.09. The average molecular weight is 310 g/mol. The molecule has 0 aliphatic heterocycles. The monoisotopic (exact) mass is 309 g/mol. The molecule has 0 fully saturated rings. The van der Waals surface area contributed by atoms with Gasteiger partial charge in [-0.05, 0) is 19.0 Å². The number of methoxy groups -OCH3 is 2. The maximum Gasteiger partial charge on any atom is 0.165 e. The molecule has 0 radical (unpaired) electrons. The van der Waals surface area contributed by atoms with Gasteiger partial charge < -0.3 is 19.4 Å². The SMILES string of the molecule is COc1cc(Cl)cc(CNCCCn2ccnc2)c1OC. The molecule has 0 bridgehead atoms. The molecule has 0 atom stereocenters. The van der Waals surface area contributed by atoms with Gasteiger partial charge in [0.2, 0.25) is 0 Å². The molecule has 0 aliphatic rings. The van der Waals surface area contributed by atoms with Gasteiger partial charge in [0.05, 0.1) is 20.5 Å². The zero-order chi connectivity index (χ0) is 15.1. The van der Waals surface area contributed by atoms with Crippen molar-refractivity contribution in [2.45, 2.75) is 19.5 Å². The summed E-state index contributed by atoms with van der Waals surface area (Å²) in [7, 11) is 3.24. The van der Waals surface area contributed by atoms with Gasteiger partial charge in [0, 0.05) is 42.1 Å². The number of imidazole rings is 1. The molecule has 0 saturated carbocycles. The van der Waals surface area contributed by atoms with E-state index in [-0.39, 0.29) is 0 Å². The molecular formula is C15H20ClN3O2. The van der Waals surface area contributed by atoms with Crippen molar-refractivity contribution >= 4 is 11.6 Å². The van der Waals surface area contributed by atoms with Crippen LogP contribution in [0.2, 0.25) is 5.02 Å². The number of benzene rings is 1. The lowest BCUT2D eigenvalue weighted by atomic mass is 10.2. The van der Waals surface area contributed by atoms with Crippen LogP contribution in [0.4, 0.5) is 0 Å². The zero-order valence-electron chi connectivity index (χ0n) is 12.3. The van der Waals surface area contributed by atoms with Crippen LogP contribution in [0.5, 0.6) is 11.5 Å². The number of nitrogens with one attached hydrogen (secondary N) is 1. The van der Waals surface area contributed by atoms with Gasteiger partial charge >= 0.3 is 0 Å². The van der Waals surface area contributed by atoms with Crippen LogP contribution in [-0.4, -0.2) is 30.3 Å². The predicted octanol–water partition coefficient (Wildman–Crippen LogP) is 2.73. The molecular weight excluding hydrogens is 290 g/mol. The van der Waals surface area contributed by atoms with E-state index in [1.54, 1.807) is 26.5 Å². The Bertz CT molecular complexity index is 558. The van der Waals surface area contributed by atoms with Crippen LogP contribution in [-0.2, 0) is 13.1 Å². The van der Waals surface area contributed by atoms with Gasteiger partial charge in [-0.1, -0.05) is 11.6 Å². The summed E-state index contributed by atoms with van der Waals surface area (Å²) in [6.45, 7) is 2.53. The van der Waals surface area contributed by atoms with Gasteiger partial charge in [-0.3, -0.25) is 0 Å². The summed E-state index contributed by atoms with van der Waals surface area (Å²) in [6, 6.07) is 3.65. The second-order valence-electron chi connectivity index (χ2n) is 4.63. The highest BCUT2D eigenvalue weighted by atomic mass is 35.5. The third-order valence-corrected chi connectivity index (χ3v) is 3.38. The van der Waals surface area contributed by atoms with Crippen LogP contribution in [0.25, 0.3) is 0 Å². The zero-order valence-corrected chi connectivity index (χ0v) is 13.1. The Balaban J connectivity index is 1.86. The molecule has 0 aliphatic carbocycles. The van der Waals surface area contributed by atoms with E-state index in [0.717, 1.165) is 30.8 Å². The summed E-state index contributed by atoms with van der Waals surface area (Å²) in [4.78, 5) is 4.02. The van der Waals surface area contributed by atoms with Crippen molar-refractivity contribution in [1.29, 1.82) is 0 Å². The topological polar surface area (TPSA) is 48.3 Å². The molecule has 114 valence electrons. The van der Waals surface area contributed by atoms with E-state index in [1.807, 2.05) is 18.6 Å². The van der Waals surface area contributed by atoms with Crippen LogP contribution >= 0.6 is 11.6 Å². The number of hydrogen-bond donors (Lipinski definition) is 1. The van der Waals surface area contributed by atoms with Crippen molar-refractivity contribution in [1.82, 2.24) is 14.9 Å². The number of halogens is 1. The predicted molar refractivity (Wildman–Crippen MR) is 83.1 cm³/mol. The molecule has 2 aromatic rings. The molecule has 6 heteroatoms. The summed E-state index contributed by atoms with van der Waals surface area (Å²) in [5, 5.41) is 4.03. The van der Waals surface area contributed by atoms with Crippen LogP contribution in [0.15, 0.2) is 30.9 Å². The molecule has 1 heterocycles. The van der Waals surface area contributed by atoms with Gasteiger partial charge in [0.25, 0.3) is 0 Å². The lowest BCUT2D eigenvalue weighted by molar-refractivity contribution is 0.350. The first-order chi connectivity index (χ1) is 10.2. The first-order valence-electron chi connectivity index (χ1n) is 6.81. The minimum absolute atomic E-state index is 0.642. The van der Waals surface area contributed by atoms with Crippen molar-refractivity contribution < 1.29 is 9.47 Å². The fourth-order valence-electron chi connectivity index (χ4n) is 2.17. The highest BCUT2D eigenvalue weighted by Gasteiger charge is 2.11. The largest absolute Gasteiger partial charge is 0.493 e. The van der Waals surface area contributed by atoms with Gasteiger partial charge in [-0.25, -0.2) is 4.98 Å². The maximum absolute atomic E-state index is 6.09. The Morgan fingerprint density at radius 3 is 2.81 bits per heavy atom. The quantitative estimate of drug-likeness (QED) is 0.762. The Morgan fingerprint density at radius 2 is 2.14 bits per heavy atom. The molecule has 0 saturated heterocycles. The van der Waals surface area contributed by atoms with E-state index in [2.05, 4.69) is 14.9 Å². The summed E-state index contributed by atoms with van der Waals surface area (Å²) >= 11 is 6.09. The molecule has 1 aromatic carbocycles. The molecule has 0 spiro atoms. The summed E-state index contributed by atoms with van der Waals surface area (Å²) < 4.78 is 12.7. The van der Waals surface area contributed by atoms with Crippen LogP contribution < -0.4 is 14.8 Å². The fourth-order valence-corrected chi connectivity index (χ4v) is 2.40. The first kappa shape index (κ1) is 15.7. The third-order valence-electron chi connectivity index (χ3n) is 3.17. The Labute approximate surface area is 129 Å². The van der Waals surface area contributed by atoms with Crippen molar-refractivity contribution in [2.24, 2.45) is 0 Å². The van der Waals surface area contributed by atoms with Crippen molar-refractivity contribution in [3.05, 3.63) is 41.4 Å². The Hall–Kier alpha value is -1.72. The van der Waals surface area contributed by atoms with E-state index >= 15 is 0 Å². The van der Waals surface area contributed by atoms with Gasteiger partial charge in [-0.2, -0.15) is 0 Å². The second kappa shape index (κ2) is 7.90. The van der Waals surface area contributed by atoms with E-state index in [0.29, 0.717) is 17.3 Å². The van der Waals surface area contributed by atoms with E-state index in [9.17, 15) is 0 Å². The molecule has 2 rings (SSSR count). The number of nitrogens with zero attached hydrogens (tertiary/aromatic N) is 2. The number of aryl methyl sites for hydroxylation is 1. The smallest absolute Gasteiger partial charge is 0.165 e. The molecule has 21 heavy (non-hydrogen) atoms. The fraction of sp³-hybridized carbons (Fsp3) is 0.400. The van der Waals surface area contributed by atoms with E-state index in [4.69, 9.17) is 21.1 Å². The number of aromatic nitrogens is 2. The van der Waals surface area contributed by atoms with Gasteiger partial charge in [-0.15, -0.1) is 0 Å².